The molecule has 0 aliphatic heterocycles. The minimum absolute atomic E-state index is 0.261. The summed E-state index contributed by atoms with van der Waals surface area (Å²) in [7, 11) is 4.23. The van der Waals surface area contributed by atoms with Crippen molar-refractivity contribution < 1.29 is 13.6 Å². The average Bonchev–Trinajstić information content (AvgIpc) is 3.21. The number of carbonyl (C=O) groups is 1. The predicted molar refractivity (Wildman–Crippen MR) is 90.2 cm³/mol. The summed E-state index contributed by atoms with van der Waals surface area (Å²) < 4.78 is 10.8. The van der Waals surface area contributed by atoms with E-state index >= 15 is 0 Å². The smallest absolute Gasteiger partial charge is 0.277 e. The number of aromatic nitrogens is 1. The number of aryl methyl sites for hydroxylation is 1. The molecule has 0 saturated carbocycles. The number of fused-ring (bicyclic) bond motifs is 3. The number of rotatable bonds is 3. The Morgan fingerprint density at radius 3 is 3.00 bits per heavy atom. The molecule has 4 rings (SSSR count). The zero-order valence-corrected chi connectivity index (χ0v) is 13.7. The molecule has 24 heavy (non-hydrogen) atoms. The van der Waals surface area contributed by atoms with Gasteiger partial charge in [-0.3, -0.25) is 4.79 Å². The maximum Gasteiger partial charge on any atom is 0.277 e. The molecule has 3 aromatic rings. The van der Waals surface area contributed by atoms with Crippen molar-refractivity contribution in [1.29, 1.82) is 0 Å². The van der Waals surface area contributed by atoms with Crippen LogP contribution in [-0.2, 0) is 12.8 Å². The molecule has 0 spiro atoms. The molecule has 1 N–H and O–H groups in total. The van der Waals surface area contributed by atoms with Crippen LogP contribution in [0, 0.1) is 0 Å². The SMILES string of the molecule is CN(C)C1CCc2oc3ccc(NC(=O)c4cocn4)cc3c2C1. The van der Waals surface area contributed by atoms with Gasteiger partial charge in [-0.15, -0.1) is 0 Å². The van der Waals surface area contributed by atoms with Crippen molar-refractivity contribution in [3.05, 3.63) is 47.9 Å². The highest BCUT2D eigenvalue weighted by Crippen LogP contribution is 2.34. The highest BCUT2D eigenvalue weighted by Gasteiger charge is 2.25. The van der Waals surface area contributed by atoms with Gasteiger partial charge >= 0.3 is 0 Å². The minimum atomic E-state index is -0.286. The van der Waals surface area contributed by atoms with Crippen molar-refractivity contribution in [1.82, 2.24) is 9.88 Å². The monoisotopic (exact) mass is 325 g/mol. The second kappa shape index (κ2) is 5.79. The zero-order valence-electron chi connectivity index (χ0n) is 13.7. The van der Waals surface area contributed by atoms with Crippen LogP contribution >= 0.6 is 0 Å². The number of nitrogens with zero attached hydrogens (tertiary/aromatic N) is 2. The van der Waals surface area contributed by atoms with Crippen LogP contribution < -0.4 is 5.32 Å². The Balaban J connectivity index is 1.65. The molecular weight excluding hydrogens is 306 g/mol. The molecule has 1 aliphatic rings. The Bertz CT molecular complexity index is 880. The third-order valence-electron chi connectivity index (χ3n) is 4.67. The third-order valence-corrected chi connectivity index (χ3v) is 4.67. The maximum atomic E-state index is 12.1. The molecule has 0 bridgehead atoms. The van der Waals surface area contributed by atoms with Gasteiger partial charge in [0.05, 0.1) is 0 Å². The fourth-order valence-electron chi connectivity index (χ4n) is 3.30. The second-order valence-electron chi connectivity index (χ2n) is 6.40. The van der Waals surface area contributed by atoms with Crippen LogP contribution in [0.15, 0.2) is 39.7 Å². The van der Waals surface area contributed by atoms with Gasteiger partial charge < -0.3 is 19.1 Å². The number of amides is 1. The number of oxazole rings is 1. The maximum absolute atomic E-state index is 12.1. The van der Waals surface area contributed by atoms with E-state index in [0.717, 1.165) is 41.7 Å². The number of furan rings is 1. The lowest BCUT2D eigenvalue weighted by molar-refractivity contribution is 0.102. The largest absolute Gasteiger partial charge is 0.461 e. The van der Waals surface area contributed by atoms with Crippen LogP contribution in [-0.4, -0.2) is 35.9 Å². The number of hydrogen-bond acceptors (Lipinski definition) is 5. The van der Waals surface area contributed by atoms with E-state index in [0.29, 0.717) is 6.04 Å². The number of nitrogens with one attached hydrogen (secondary N) is 1. The highest BCUT2D eigenvalue weighted by atomic mass is 16.3. The fraction of sp³-hybridized carbons (Fsp3) is 0.333. The first kappa shape index (κ1) is 15.0. The summed E-state index contributed by atoms with van der Waals surface area (Å²) in [6, 6.07) is 6.26. The molecule has 1 atom stereocenters. The lowest BCUT2D eigenvalue weighted by atomic mass is 9.91. The van der Waals surface area contributed by atoms with Crippen LogP contribution in [0.3, 0.4) is 0 Å². The van der Waals surface area contributed by atoms with E-state index in [4.69, 9.17) is 8.83 Å². The Morgan fingerprint density at radius 2 is 2.25 bits per heavy atom. The van der Waals surface area contributed by atoms with Crippen LogP contribution in [0.2, 0.25) is 0 Å². The van der Waals surface area contributed by atoms with Crippen molar-refractivity contribution in [2.45, 2.75) is 25.3 Å². The van der Waals surface area contributed by atoms with E-state index in [9.17, 15) is 4.79 Å². The summed E-state index contributed by atoms with van der Waals surface area (Å²) in [4.78, 5) is 18.2. The third kappa shape index (κ3) is 2.59. The van der Waals surface area contributed by atoms with Gasteiger partial charge in [-0.05, 0) is 45.1 Å². The molecule has 0 fully saturated rings. The van der Waals surface area contributed by atoms with Crippen LogP contribution in [0.5, 0.6) is 0 Å². The summed E-state index contributed by atoms with van der Waals surface area (Å²) >= 11 is 0. The van der Waals surface area contributed by atoms with E-state index in [1.54, 1.807) is 0 Å². The van der Waals surface area contributed by atoms with Gasteiger partial charge in [-0.1, -0.05) is 0 Å². The van der Waals surface area contributed by atoms with Crippen LogP contribution in [0.25, 0.3) is 11.0 Å². The standard InChI is InChI=1S/C18H19N3O3/c1-21(2)12-4-6-17-14(8-12)13-7-11(3-5-16(13)24-17)20-18(22)15-9-23-10-19-15/h3,5,7,9-10,12H,4,6,8H2,1-2H3,(H,20,22). The van der Waals surface area contributed by atoms with E-state index in [-0.39, 0.29) is 11.6 Å². The highest BCUT2D eigenvalue weighted by molar-refractivity contribution is 6.03. The zero-order chi connectivity index (χ0) is 16.7. The Labute approximate surface area is 139 Å². The van der Waals surface area contributed by atoms with Gasteiger partial charge in [0.1, 0.15) is 17.6 Å². The number of likely N-dealkylation sites (N-methyl/N-ethyl adjacent to an activating group) is 1. The number of carbonyl (C=O) groups excluding carboxylic acids is 1. The molecule has 6 nitrogen and oxygen atoms in total. The molecule has 1 aromatic carbocycles. The van der Waals surface area contributed by atoms with Crippen LogP contribution in [0.1, 0.15) is 28.2 Å². The normalized spacial score (nSPS) is 17.2. The van der Waals surface area contributed by atoms with Crippen molar-refractivity contribution in [2.24, 2.45) is 0 Å². The summed E-state index contributed by atoms with van der Waals surface area (Å²) in [5.74, 6) is 0.787. The quantitative estimate of drug-likeness (QED) is 0.801. The number of benzene rings is 1. The average molecular weight is 325 g/mol. The van der Waals surface area contributed by atoms with Gasteiger partial charge in [0.25, 0.3) is 5.91 Å². The first-order valence-corrected chi connectivity index (χ1v) is 8.02. The molecule has 2 aromatic heterocycles. The van der Waals surface area contributed by atoms with Gasteiger partial charge in [0.2, 0.25) is 0 Å². The fourth-order valence-corrected chi connectivity index (χ4v) is 3.30. The first-order chi connectivity index (χ1) is 11.6. The molecule has 0 radical (unpaired) electrons. The summed E-state index contributed by atoms with van der Waals surface area (Å²) in [5, 5.41) is 3.93. The Kier molecular flexibility index (Phi) is 3.61. The molecule has 0 saturated heterocycles. The lowest BCUT2D eigenvalue weighted by Gasteiger charge is -2.27. The van der Waals surface area contributed by atoms with Crippen molar-refractivity contribution in [3.63, 3.8) is 0 Å². The van der Waals surface area contributed by atoms with E-state index < -0.39 is 0 Å². The molecule has 1 unspecified atom stereocenters. The van der Waals surface area contributed by atoms with E-state index in [1.807, 2.05) is 18.2 Å². The first-order valence-electron chi connectivity index (χ1n) is 8.02. The Hall–Kier alpha value is -2.60. The predicted octanol–water partition coefficient (Wildman–Crippen LogP) is 3.09. The molecule has 1 amide bonds. The summed E-state index contributed by atoms with van der Waals surface area (Å²) in [5.41, 5.74) is 3.12. The van der Waals surface area contributed by atoms with Crippen LogP contribution in [0.4, 0.5) is 5.69 Å². The van der Waals surface area contributed by atoms with Gasteiger partial charge in [0.15, 0.2) is 12.1 Å². The van der Waals surface area contributed by atoms with Crippen molar-refractivity contribution in [3.8, 4) is 0 Å². The molecule has 124 valence electrons. The number of hydrogen-bond donors (Lipinski definition) is 1. The molecule has 6 heteroatoms. The molecule has 1 aliphatic carbocycles. The van der Waals surface area contributed by atoms with Crippen molar-refractivity contribution >= 4 is 22.6 Å². The molecular formula is C18H19N3O3. The van der Waals surface area contributed by atoms with Gasteiger partial charge in [-0.2, -0.15) is 0 Å². The van der Waals surface area contributed by atoms with E-state index in [1.165, 1.54) is 18.2 Å². The summed E-state index contributed by atoms with van der Waals surface area (Å²) in [6.07, 6.45) is 5.60. The number of anilines is 1. The van der Waals surface area contributed by atoms with E-state index in [2.05, 4.69) is 29.3 Å². The minimum Gasteiger partial charge on any atom is -0.461 e. The van der Waals surface area contributed by atoms with Gasteiger partial charge in [0, 0.05) is 29.1 Å². The lowest BCUT2D eigenvalue weighted by Crippen LogP contribution is -2.33. The summed E-state index contributed by atoms with van der Waals surface area (Å²) in [6.45, 7) is 0. The second-order valence-corrected chi connectivity index (χ2v) is 6.40. The molecule has 2 heterocycles. The van der Waals surface area contributed by atoms with Gasteiger partial charge in [-0.25, -0.2) is 4.98 Å². The topological polar surface area (TPSA) is 71.5 Å². The van der Waals surface area contributed by atoms with Crippen molar-refractivity contribution in [2.75, 3.05) is 19.4 Å². The Morgan fingerprint density at radius 1 is 1.38 bits per heavy atom.